The van der Waals surface area contributed by atoms with Crippen molar-refractivity contribution in [2.75, 3.05) is 0 Å². The predicted molar refractivity (Wildman–Crippen MR) is 178 cm³/mol. The van der Waals surface area contributed by atoms with Crippen LogP contribution in [0.15, 0.2) is 24.3 Å². The molecule has 1 aromatic rings. The van der Waals surface area contributed by atoms with E-state index in [4.69, 9.17) is 9.47 Å². The second kappa shape index (κ2) is 24.6. The molecular formula is C38H66O4. The summed E-state index contributed by atoms with van der Waals surface area (Å²) in [7, 11) is 0. The molecule has 0 amide bonds. The van der Waals surface area contributed by atoms with Gasteiger partial charge in [0.2, 0.25) is 0 Å². The zero-order chi connectivity index (χ0) is 31.0. The molecule has 4 atom stereocenters. The highest BCUT2D eigenvalue weighted by molar-refractivity contribution is 5.93. The van der Waals surface area contributed by atoms with Crippen molar-refractivity contribution in [3.8, 4) is 0 Å². The Morgan fingerprint density at radius 3 is 1.10 bits per heavy atom. The van der Waals surface area contributed by atoms with Gasteiger partial charge in [0.25, 0.3) is 0 Å². The largest absolute Gasteiger partial charge is 0.458 e. The maximum atomic E-state index is 13.2. The second-order valence-corrected chi connectivity index (χ2v) is 12.5. The van der Waals surface area contributed by atoms with E-state index in [-0.39, 0.29) is 24.1 Å². The van der Waals surface area contributed by atoms with E-state index in [1.165, 1.54) is 77.0 Å². The van der Waals surface area contributed by atoms with E-state index in [2.05, 4.69) is 41.5 Å². The Balaban J connectivity index is 2.91. The highest BCUT2D eigenvalue weighted by Crippen LogP contribution is 2.27. The van der Waals surface area contributed by atoms with Gasteiger partial charge in [0.1, 0.15) is 12.2 Å². The summed E-state index contributed by atoms with van der Waals surface area (Å²) in [5, 5.41) is 0. The molecule has 0 saturated carbocycles. The van der Waals surface area contributed by atoms with Gasteiger partial charge in [-0.3, -0.25) is 0 Å². The first-order chi connectivity index (χ1) is 20.4. The molecule has 0 bridgehead atoms. The fourth-order valence-corrected chi connectivity index (χ4v) is 6.10. The third kappa shape index (κ3) is 15.6. The van der Waals surface area contributed by atoms with E-state index in [0.717, 1.165) is 51.4 Å². The Morgan fingerprint density at radius 1 is 0.476 bits per heavy atom. The fourth-order valence-electron chi connectivity index (χ4n) is 6.10. The molecule has 0 heterocycles. The predicted octanol–water partition coefficient (Wildman–Crippen LogP) is 11.9. The maximum absolute atomic E-state index is 13.2. The van der Waals surface area contributed by atoms with Crippen LogP contribution in [0.25, 0.3) is 0 Å². The first-order valence-corrected chi connectivity index (χ1v) is 18.0. The Bertz CT molecular complexity index is 735. The van der Waals surface area contributed by atoms with Gasteiger partial charge >= 0.3 is 11.9 Å². The van der Waals surface area contributed by atoms with Gasteiger partial charge in [-0.25, -0.2) is 9.59 Å². The first kappa shape index (κ1) is 38.2. The van der Waals surface area contributed by atoms with Crippen molar-refractivity contribution in [1.82, 2.24) is 0 Å². The number of benzene rings is 1. The van der Waals surface area contributed by atoms with Crippen LogP contribution < -0.4 is 0 Å². The van der Waals surface area contributed by atoms with E-state index in [1.54, 1.807) is 24.3 Å². The van der Waals surface area contributed by atoms with Crippen LogP contribution in [0.5, 0.6) is 0 Å². The number of hydrogen-bond acceptors (Lipinski definition) is 4. The molecule has 0 N–H and O–H groups in total. The molecule has 42 heavy (non-hydrogen) atoms. The Hall–Kier alpha value is -1.84. The smallest absolute Gasteiger partial charge is 0.338 e. The van der Waals surface area contributed by atoms with E-state index in [1.807, 2.05) is 0 Å². The number of hydrogen-bond donors (Lipinski definition) is 0. The van der Waals surface area contributed by atoms with Crippen LogP contribution in [0, 0.1) is 11.8 Å². The number of esters is 2. The monoisotopic (exact) mass is 586 g/mol. The minimum Gasteiger partial charge on any atom is -0.458 e. The average molecular weight is 587 g/mol. The summed E-state index contributed by atoms with van der Waals surface area (Å²) in [6, 6.07) is 6.94. The normalized spacial score (nSPS) is 14.2. The summed E-state index contributed by atoms with van der Waals surface area (Å²) in [5.74, 6) is 0.240. The molecule has 0 aliphatic carbocycles. The minimum absolute atomic E-state index is 0.0481. The number of unbranched alkanes of at least 4 members (excludes halogenated alkanes) is 10. The Morgan fingerprint density at radius 2 is 0.786 bits per heavy atom. The van der Waals surface area contributed by atoms with Crippen molar-refractivity contribution >= 4 is 11.9 Å². The molecule has 1 aromatic carbocycles. The van der Waals surface area contributed by atoms with Gasteiger partial charge in [0, 0.05) is 0 Å². The summed E-state index contributed by atoms with van der Waals surface area (Å²) in [4.78, 5) is 26.5. The van der Waals surface area contributed by atoms with E-state index in [0.29, 0.717) is 23.0 Å². The molecule has 4 heteroatoms. The lowest BCUT2D eigenvalue weighted by molar-refractivity contribution is 0.00644. The molecule has 4 unspecified atom stereocenters. The van der Waals surface area contributed by atoms with Gasteiger partial charge in [-0.15, -0.1) is 0 Å². The van der Waals surface area contributed by atoms with Crippen molar-refractivity contribution in [2.24, 2.45) is 11.8 Å². The second-order valence-electron chi connectivity index (χ2n) is 12.5. The molecule has 0 aliphatic rings. The standard InChI is InChI=1S/C38H66O4/c1-7-13-17-21-25-35(31(11-5)23-19-15-9-3)41-37(39)33-27-29-34(30-28-33)38(40)42-36(26-22-18-14-8-2)32(12-6)24-20-16-10-4/h27-32,35-36H,7-26H2,1-6H3. The third-order valence-corrected chi connectivity index (χ3v) is 9.01. The van der Waals surface area contributed by atoms with Crippen LogP contribution in [0.2, 0.25) is 0 Å². The summed E-state index contributed by atoms with van der Waals surface area (Å²) in [5.41, 5.74) is 1.02. The first-order valence-electron chi connectivity index (χ1n) is 18.0. The summed E-state index contributed by atoms with van der Waals surface area (Å²) in [6.07, 6.45) is 22.6. The van der Waals surface area contributed by atoms with Crippen LogP contribution in [0.4, 0.5) is 0 Å². The molecule has 0 aromatic heterocycles. The van der Waals surface area contributed by atoms with Crippen molar-refractivity contribution in [2.45, 2.75) is 182 Å². The Kier molecular flexibility index (Phi) is 22.4. The van der Waals surface area contributed by atoms with Gasteiger partial charge in [-0.2, -0.15) is 0 Å². The van der Waals surface area contributed by atoms with Crippen molar-refractivity contribution in [1.29, 1.82) is 0 Å². The molecular weight excluding hydrogens is 520 g/mol. The van der Waals surface area contributed by atoms with Crippen molar-refractivity contribution in [3.63, 3.8) is 0 Å². The quantitative estimate of drug-likeness (QED) is 0.0800. The number of rotatable bonds is 26. The van der Waals surface area contributed by atoms with Gasteiger partial charge in [-0.1, -0.05) is 119 Å². The number of ether oxygens (including phenoxy) is 2. The van der Waals surface area contributed by atoms with Gasteiger partial charge < -0.3 is 9.47 Å². The minimum atomic E-state index is -0.278. The molecule has 0 saturated heterocycles. The zero-order valence-corrected chi connectivity index (χ0v) is 28.4. The summed E-state index contributed by atoms with van der Waals surface area (Å²) >= 11 is 0. The molecule has 1 rings (SSSR count). The van der Waals surface area contributed by atoms with Gasteiger partial charge in [0.05, 0.1) is 11.1 Å². The lowest BCUT2D eigenvalue weighted by atomic mass is 9.89. The van der Waals surface area contributed by atoms with Crippen LogP contribution in [-0.4, -0.2) is 24.1 Å². The number of carbonyl (C=O) groups is 2. The third-order valence-electron chi connectivity index (χ3n) is 9.01. The van der Waals surface area contributed by atoms with Crippen LogP contribution in [-0.2, 0) is 9.47 Å². The summed E-state index contributed by atoms with van der Waals surface area (Å²) < 4.78 is 12.3. The molecule has 4 nitrogen and oxygen atoms in total. The van der Waals surface area contributed by atoms with Crippen LogP contribution in [0.1, 0.15) is 191 Å². The lowest BCUT2D eigenvalue weighted by Gasteiger charge is -2.27. The van der Waals surface area contributed by atoms with Crippen molar-refractivity contribution < 1.29 is 19.1 Å². The molecule has 0 aliphatic heterocycles. The topological polar surface area (TPSA) is 52.6 Å². The van der Waals surface area contributed by atoms with Crippen molar-refractivity contribution in [3.05, 3.63) is 35.4 Å². The van der Waals surface area contributed by atoms with E-state index in [9.17, 15) is 9.59 Å². The zero-order valence-electron chi connectivity index (χ0n) is 28.4. The van der Waals surface area contributed by atoms with E-state index < -0.39 is 0 Å². The average Bonchev–Trinajstić information content (AvgIpc) is 3.01. The fraction of sp³-hybridized carbons (Fsp3) is 0.789. The SMILES string of the molecule is CCCCCCC(OC(=O)c1ccc(C(=O)OC(CCCCCC)C(CC)CCCCC)cc1)C(CC)CCCCC. The highest BCUT2D eigenvalue weighted by atomic mass is 16.5. The van der Waals surface area contributed by atoms with Crippen LogP contribution in [0.3, 0.4) is 0 Å². The molecule has 242 valence electrons. The molecule has 0 spiro atoms. The maximum Gasteiger partial charge on any atom is 0.338 e. The summed E-state index contributed by atoms with van der Waals surface area (Å²) in [6.45, 7) is 13.3. The Labute approximate surface area is 260 Å². The highest BCUT2D eigenvalue weighted by Gasteiger charge is 2.26. The van der Waals surface area contributed by atoms with Crippen LogP contribution >= 0.6 is 0 Å². The lowest BCUT2D eigenvalue weighted by Crippen LogP contribution is -2.28. The molecule has 0 fully saturated rings. The molecule has 0 radical (unpaired) electrons. The number of carbonyl (C=O) groups excluding carboxylic acids is 2. The van der Waals surface area contributed by atoms with Gasteiger partial charge in [-0.05, 0) is 87.5 Å². The van der Waals surface area contributed by atoms with E-state index >= 15 is 0 Å². The van der Waals surface area contributed by atoms with Gasteiger partial charge in [0.15, 0.2) is 0 Å².